The molecule has 0 saturated heterocycles. The lowest BCUT2D eigenvalue weighted by Gasteiger charge is -2.09. The van der Waals surface area contributed by atoms with Gasteiger partial charge in [0.05, 0.1) is 5.69 Å². The zero-order valence-corrected chi connectivity index (χ0v) is 9.06. The Morgan fingerprint density at radius 2 is 1.76 bits per heavy atom. The molecule has 0 atom stereocenters. The fraction of sp³-hybridized carbons (Fsp3) is 0.333. The molecule has 0 radical (unpaired) electrons. The Morgan fingerprint density at radius 1 is 1.12 bits per heavy atom. The summed E-state index contributed by atoms with van der Waals surface area (Å²) in [6, 6.07) is 1.03. The third-order valence-corrected chi connectivity index (χ3v) is 2.41. The third kappa shape index (κ3) is 4.76. The number of rotatable bonds is 4. The van der Waals surface area contributed by atoms with Crippen LogP contribution in [0.4, 0.5) is 32.0 Å². The molecule has 0 unspecified atom stereocenters. The molecular formula is C9H7F6NS. The highest BCUT2D eigenvalue weighted by molar-refractivity contribution is 8.00. The van der Waals surface area contributed by atoms with E-state index in [0.29, 0.717) is 12.1 Å². The maximum atomic E-state index is 13.0. The molecule has 17 heavy (non-hydrogen) atoms. The molecule has 0 aromatic heterocycles. The molecule has 0 aliphatic rings. The average Bonchev–Trinajstić information content (AvgIpc) is 2.18. The van der Waals surface area contributed by atoms with Crippen molar-refractivity contribution in [3.63, 3.8) is 0 Å². The van der Waals surface area contributed by atoms with Crippen LogP contribution >= 0.6 is 11.8 Å². The molecule has 0 spiro atoms. The lowest BCUT2D eigenvalue weighted by molar-refractivity contribution is -0.0327. The van der Waals surface area contributed by atoms with Crippen molar-refractivity contribution in [1.29, 1.82) is 0 Å². The van der Waals surface area contributed by atoms with E-state index >= 15 is 0 Å². The predicted octanol–water partition coefficient (Wildman–Crippen LogP) is 3.77. The van der Waals surface area contributed by atoms with Gasteiger partial charge in [-0.25, -0.2) is 13.2 Å². The largest absolute Gasteiger partial charge is 0.441 e. The van der Waals surface area contributed by atoms with Crippen molar-refractivity contribution in [3.8, 4) is 0 Å². The topological polar surface area (TPSA) is 12.0 Å². The molecule has 0 bridgehead atoms. The summed E-state index contributed by atoms with van der Waals surface area (Å²) in [5.74, 6) is -4.10. The Kier molecular flexibility index (Phi) is 4.55. The Bertz CT molecular complexity index is 392. The van der Waals surface area contributed by atoms with Gasteiger partial charge in [-0.2, -0.15) is 13.2 Å². The van der Waals surface area contributed by atoms with Gasteiger partial charge >= 0.3 is 5.51 Å². The van der Waals surface area contributed by atoms with Gasteiger partial charge in [0, 0.05) is 24.4 Å². The van der Waals surface area contributed by atoms with Crippen molar-refractivity contribution in [2.24, 2.45) is 0 Å². The lowest BCUT2D eigenvalue weighted by Crippen LogP contribution is -2.11. The monoisotopic (exact) mass is 275 g/mol. The number of halogens is 6. The minimum absolute atomic E-state index is 0.260. The fourth-order valence-corrected chi connectivity index (χ4v) is 1.47. The molecule has 0 fully saturated rings. The van der Waals surface area contributed by atoms with Gasteiger partial charge in [-0.15, -0.1) is 0 Å². The number of benzene rings is 1. The van der Waals surface area contributed by atoms with E-state index in [-0.39, 0.29) is 24.1 Å². The van der Waals surface area contributed by atoms with Crippen LogP contribution in [0.3, 0.4) is 0 Å². The predicted molar refractivity (Wildman–Crippen MR) is 53.3 cm³/mol. The molecule has 1 N–H and O–H groups in total. The minimum Gasteiger partial charge on any atom is -0.382 e. The normalized spacial score (nSPS) is 11.6. The third-order valence-electron chi connectivity index (χ3n) is 1.68. The second kappa shape index (κ2) is 5.52. The van der Waals surface area contributed by atoms with Gasteiger partial charge in [0.15, 0.2) is 11.6 Å². The number of alkyl halides is 3. The van der Waals surface area contributed by atoms with E-state index in [9.17, 15) is 26.3 Å². The van der Waals surface area contributed by atoms with Crippen molar-refractivity contribution in [3.05, 3.63) is 29.6 Å². The van der Waals surface area contributed by atoms with Crippen LogP contribution in [0.1, 0.15) is 0 Å². The zero-order chi connectivity index (χ0) is 13.1. The summed E-state index contributed by atoms with van der Waals surface area (Å²) in [6.45, 7) is -0.260. The Labute approximate surface area is 97.2 Å². The van der Waals surface area contributed by atoms with E-state index in [1.165, 1.54) is 0 Å². The van der Waals surface area contributed by atoms with Crippen LogP contribution in [0.25, 0.3) is 0 Å². The molecule has 8 heteroatoms. The van der Waals surface area contributed by atoms with Crippen molar-refractivity contribution >= 4 is 17.4 Å². The van der Waals surface area contributed by atoms with Crippen LogP contribution in [0, 0.1) is 17.5 Å². The van der Waals surface area contributed by atoms with Crippen LogP contribution in [-0.2, 0) is 0 Å². The van der Waals surface area contributed by atoms with Gasteiger partial charge in [0.2, 0.25) is 0 Å². The van der Waals surface area contributed by atoms with Crippen molar-refractivity contribution in [2.75, 3.05) is 17.6 Å². The van der Waals surface area contributed by atoms with E-state index in [1.54, 1.807) is 0 Å². The van der Waals surface area contributed by atoms with Gasteiger partial charge in [-0.05, 0) is 11.8 Å². The molecule has 0 amide bonds. The van der Waals surface area contributed by atoms with E-state index in [4.69, 9.17) is 0 Å². The summed E-state index contributed by atoms with van der Waals surface area (Å²) in [5.41, 5.74) is -4.88. The standard InChI is InChI=1S/C9H7F6NS/c10-5-3-6(11)8(12)7(4-5)16-1-2-17-9(13,14)15/h3-4,16H,1-2H2. The molecular weight excluding hydrogens is 268 g/mol. The van der Waals surface area contributed by atoms with Gasteiger partial charge in [0.25, 0.3) is 0 Å². The molecule has 0 aliphatic carbocycles. The Hall–Kier alpha value is -1.05. The molecule has 0 saturated carbocycles. The Morgan fingerprint density at radius 3 is 2.35 bits per heavy atom. The van der Waals surface area contributed by atoms with Crippen LogP contribution in [0.5, 0.6) is 0 Å². The molecule has 1 rings (SSSR count). The van der Waals surface area contributed by atoms with Crippen molar-refractivity contribution < 1.29 is 26.3 Å². The smallest absolute Gasteiger partial charge is 0.382 e. The summed E-state index contributed by atoms with van der Waals surface area (Å²) >= 11 is -0.305. The lowest BCUT2D eigenvalue weighted by atomic mass is 10.3. The first-order valence-electron chi connectivity index (χ1n) is 4.38. The van der Waals surface area contributed by atoms with Gasteiger partial charge < -0.3 is 5.32 Å². The number of nitrogens with one attached hydrogen (secondary N) is 1. The maximum absolute atomic E-state index is 13.0. The molecule has 96 valence electrons. The minimum atomic E-state index is -4.38. The van der Waals surface area contributed by atoms with Crippen molar-refractivity contribution in [1.82, 2.24) is 0 Å². The molecule has 1 aromatic rings. The van der Waals surface area contributed by atoms with Gasteiger partial charge in [-0.3, -0.25) is 0 Å². The summed E-state index contributed by atoms with van der Waals surface area (Å²) in [6.07, 6.45) is 0. The van der Waals surface area contributed by atoms with Crippen LogP contribution in [0.15, 0.2) is 12.1 Å². The second-order valence-electron chi connectivity index (χ2n) is 2.97. The summed E-state index contributed by atoms with van der Waals surface area (Å²) in [7, 11) is 0. The quantitative estimate of drug-likeness (QED) is 0.510. The van der Waals surface area contributed by atoms with Crippen molar-refractivity contribution in [2.45, 2.75) is 5.51 Å². The van der Waals surface area contributed by atoms with E-state index < -0.39 is 28.6 Å². The zero-order valence-electron chi connectivity index (χ0n) is 8.24. The van der Waals surface area contributed by atoms with Crippen LogP contribution in [0.2, 0.25) is 0 Å². The van der Waals surface area contributed by atoms with Gasteiger partial charge in [-0.1, -0.05) is 0 Å². The van der Waals surface area contributed by atoms with Crippen LogP contribution < -0.4 is 5.32 Å². The first-order valence-corrected chi connectivity index (χ1v) is 5.37. The van der Waals surface area contributed by atoms with E-state index in [2.05, 4.69) is 5.32 Å². The summed E-state index contributed by atoms with van der Waals surface area (Å²) < 4.78 is 73.6. The van der Waals surface area contributed by atoms with Crippen LogP contribution in [-0.4, -0.2) is 17.8 Å². The average molecular weight is 275 g/mol. The number of hydrogen-bond acceptors (Lipinski definition) is 2. The first kappa shape index (κ1) is 14.0. The second-order valence-corrected chi connectivity index (χ2v) is 4.13. The number of hydrogen-bond donors (Lipinski definition) is 1. The first-order chi connectivity index (χ1) is 7.79. The fourth-order valence-electron chi connectivity index (χ4n) is 1.04. The summed E-state index contributed by atoms with van der Waals surface area (Å²) in [4.78, 5) is 0. The molecule has 1 aromatic carbocycles. The number of thioether (sulfide) groups is 1. The molecule has 0 heterocycles. The van der Waals surface area contributed by atoms with E-state index in [1.807, 2.05) is 0 Å². The van der Waals surface area contributed by atoms with E-state index in [0.717, 1.165) is 0 Å². The molecule has 0 aliphatic heterocycles. The highest BCUT2D eigenvalue weighted by Crippen LogP contribution is 2.29. The SMILES string of the molecule is Fc1cc(F)c(F)c(NCCSC(F)(F)F)c1. The Balaban J connectivity index is 2.52. The highest BCUT2D eigenvalue weighted by Gasteiger charge is 2.27. The molecule has 1 nitrogen and oxygen atoms in total. The highest BCUT2D eigenvalue weighted by atomic mass is 32.2. The summed E-state index contributed by atoms with van der Waals surface area (Å²) in [5, 5.41) is 2.19. The van der Waals surface area contributed by atoms with Gasteiger partial charge in [0.1, 0.15) is 5.82 Å². The number of anilines is 1. The maximum Gasteiger partial charge on any atom is 0.441 e.